The van der Waals surface area contributed by atoms with Gasteiger partial charge < -0.3 is 15.0 Å². The molecule has 40 heavy (non-hydrogen) atoms. The molecule has 0 heterocycles. The number of carbonyl (C=O) groups is 2. The number of benzene rings is 3. The van der Waals surface area contributed by atoms with Crippen molar-refractivity contribution in [2.24, 2.45) is 0 Å². The number of methoxy groups -OCH3 is 1. The first-order valence-corrected chi connectivity index (χ1v) is 15.5. The Morgan fingerprint density at radius 3 is 2.35 bits per heavy atom. The summed E-state index contributed by atoms with van der Waals surface area (Å²) in [4.78, 5) is 28.9. The molecule has 0 radical (unpaired) electrons. The van der Waals surface area contributed by atoms with Crippen LogP contribution in [0.3, 0.4) is 0 Å². The molecule has 0 fully saturated rings. The Balaban J connectivity index is 2.03. The maximum atomic E-state index is 14.1. The highest BCUT2D eigenvalue weighted by atomic mass is 79.9. The SMILES string of the molecule is CCCCNC(=O)[C@H](CC)N(Cc1cccc(OC)c1)C(=O)CN(c1cccc(Br)c1)S(=O)(=O)c1ccccc1. The smallest absolute Gasteiger partial charge is 0.264 e. The maximum absolute atomic E-state index is 14.1. The molecule has 3 aromatic carbocycles. The Bertz CT molecular complexity index is 1380. The molecule has 2 amide bonds. The second kappa shape index (κ2) is 14.9. The number of ether oxygens (including phenoxy) is 1. The van der Waals surface area contributed by atoms with Gasteiger partial charge in [0.05, 0.1) is 17.7 Å². The van der Waals surface area contributed by atoms with Crippen LogP contribution in [0.25, 0.3) is 0 Å². The number of carbonyl (C=O) groups excluding carboxylic acids is 2. The molecule has 0 saturated carbocycles. The van der Waals surface area contributed by atoms with E-state index >= 15 is 0 Å². The number of nitrogens with one attached hydrogen (secondary N) is 1. The molecule has 8 nitrogen and oxygen atoms in total. The summed E-state index contributed by atoms with van der Waals surface area (Å²) in [5, 5.41) is 2.93. The van der Waals surface area contributed by atoms with E-state index in [-0.39, 0.29) is 17.3 Å². The van der Waals surface area contributed by atoms with E-state index in [1.807, 2.05) is 26.0 Å². The first kappa shape index (κ1) is 31.2. The molecule has 1 atom stereocenters. The van der Waals surface area contributed by atoms with Gasteiger partial charge in [-0.15, -0.1) is 0 Å². The molecule has 3 aromatic rings. The minimum Gasteiger partial charge on any atom is -0.497 e. The van der Waals surface area contributed by atoms with Gasteiger partial charge in [0.25, 0.3) is 10.0 Å². The van der Waals surface area contributed by atoms with Gasteiger partial charge in [-0.3, -0.25) is 13.9 Å². The zero-order chi connectivity index (χ0) is 29.1. The van der Waals surface area contributed by atoms with Gasteiger partial charge in [0, 0.05) is 17.6 Å². The number of hydrogen-bond acceptors (Lipinski definition) is 5. The normalized spacial score (nSPS) is 11.9. The summed E-state index contributed by atoms with van der Waals surface area (Å²) in [5.74, 6) is -0.153. The lowest BCUT2D eigenvalue weighted by Gasteiger charge is -2.33. The van der Waals surface area contributed by atoms with Crippen LogP contribution in [0, 0.1) is 0 Å². The van der Waals surface area contributed by atoms with Gasteiger partial charge in [0.1, 0.15) is 18.3 Å². The average Bonchev–Trinajstić information content (AvgIpc) is 2.96. The second-order valence-electron chi connectivity index (χ2n) is 9.25. The van der Waals surface area contributed by atoms with Gasteiger partial charge in [-0.05, 0) is 60.9 Å². The van der Waals surface area contributed by atoms with Gasteiger partial charge in [-0.2, -0.15) is 0 Å². The molecule has 0 aliphatic heterocycles. The fourth-order valence-electron chi connectivity index (χ4n) is 4.27. The molecule has 10 heteroatoms. The van der Waals surface area contributed by atoms with Crippen molar-refractivity contribution in [2.45, 2.75) is 50.6 Å². The number of hydrogen-bond donors (Lipinski definition) is 1. The highest BCUT2D eigenvalue weighted by Gasteiger charge is 2.33. The minimum absolute atomic E-state index is 0.0615. The van der Waals surface area contributed by atoms with Gasteiger partial charge in [0.15, 0.2) is 0 Å². The fraction of sp³-hybridized carbons (Fsp3) is 0.333. The summed E-state index contributed by atoms with van der Waals surface area (Å²) in [6.45, 7) is 3.98. The van der Waals surface area contributed by atoms with Crippen molar-refractivity contribution >= 4 is 43.5 Å². The van der Waals surface area contributed by atoms with Crippen molar-refractivity contribution < 1.29 is 22.7 Å². The topological polar surface area (TPSA) is 96.0 Å². The molecular formula is C30H36BrN3O5S. The number of unbranched alkanes of at least 4 members (excludes halogenated alkanes) is 1. The second-order valence-corrected chi connectivity index (χ2v) is 12.0. The maximum Gasteiger partial charge on any atom is 0.264 e. The van der Waals surface area contributed by atoms with Crippen LogP contribution in [0.1, 0.15) is 38.7 Å². The molecule has 0 aliphatic rings. The van der Waals surface area contributed by atoms with E-state index in [1.54, 1.807) is 61.7 Å². The lowest BCUT2D eigenvalue weighted by molar-refractivity contribution is -0.140. The van der Waals surface area contributed by atoms with E-state index in [9.17, 15) is 18.0 Å². The Morgan fingerprint density at radius 1 is 0.975 bits per heavy atom. The van der Waals surface area contributed by atoms with Crippen LogP contribution < -0.4 is 14.4 Å². The van der Waals surface area contributed by atoms with Crippen LogP contribution in [0.5, 0.6) is 5.75 Å². The van der Waals surface area contributed by atoms with E-state index in [2.05, 4.69) is 21.2 Å². The molecule has 0 aromatic heterocycles. The van der Waals surface area contributed by atoms with E-state index in [1.165, 1.54) is 17.0 Å². The predicted molar refractivity (Wildman–Crippen MR) is 161 cm³/mol. The molecule has 0 bridgehead atoms. The highest BCUT2D eigenvalue weighted by molar-refractivity contribution is 9.10. The van der Waals surface area contributed by atoms with Crippen LogP contribution in [-0.2, 0) is 26.2 Å². The summed E-state index contributed by atoms with van der Waals surface area (Å²) < 4.78 is 34.8. The summed E-state index contributed by atoms with van der Waals surface area (Å²) >= 11 is 3.41. The van der Waals surface area contributed by atoms with E-state index in [0.717, 1.165) is 22.7 Å². The van der Waals surface area contributed by atoms with Crippen LogP contribution in [0.15, 0.2) is 88.2 Å². The third-order valence-corrected chi connectivity index (χ3v) is 8.69. The standard InChI is InChI=1S/C30H36BrN3O5S/c1-4-6-18-32-30(36)28(5-2)33(21-23-12-10-15-26(19-23)39-3)29(35)22-34(25-14-11-13-24(31)20-25)40(37,38)27-16-8-7-9-17-27/h7-17,19-20,28H,4-6,18,21-22H2,1-3H3,(H,32,36)/t28-/m0/s1. The van der Waals surface area contributed by atoms with Gasteiger partial charge in [0.2, 0.25) is 11.8 Å². The summed E-state index contributed by atoms with van der Waals surface area (Å²) in [7, 11) is -2.55. The Labute approximate surface area is 245 Å². The third kappa shape index (κ3) is 8.08. The molecule has 0 aliphatic carbocycles. The summed E-state index contributed by atoms with van der Waals surface area (Å²) in [5.41, 5.74) is 1.08. The van der Waals surface area contributed by atoms with Crippen LogP contribution in [0.4, 0.5) is 5.69 Å². The molecule has 0 spiro atoms. The van der Waals surface area contributed by atoms with Gasteiger partial charge in [-0.25, -0.2) is 8.42 Å². The molecule has 3 rings (SSSR count). The molecule has 214 valence electrons. The van der Waals surface area contributed by atoms with Crippen molar-refractivity contribution in [1.29, 1.82) is 0 Å². The molecule has 0 saturated heterocycles. The van der Waals surface area contributed by atoms with Crippen molar-refractivity contribution in [3.63, 3.8) is 0 Å². The largest absolute Gasteiger partial charge is 0.497 e. The number of halogens is 1. The number of anilines is 1. The number of amides is 2. The highest BCUT2D eigenvalue weighted by Crippen LogP contribution is 2.27. The lowest BCUT2D eigenvalue weighted by Crippen LogP contribution is -2.52. The van der Waals surface area contributed by atoms with Crippen molar-refractivity contribution in [1.82, 2.24) is 10.2 Å². The van der Waals surface area contributed by atoms with Crippen molar-refractivity contribution in [3.8, 4) is 5.75 Å². The van der Waals surface area contributed by atoms with E-state index in [0.29, 0.717) is 28.9 Å². The predicted octanol–water partition coefficient (Wildman–Crippen LogP) is 5.38. The Morgan fingerprint density at radius 2 is 1.70 bits per heavy atom. The van der Waals surface area contributed by atoms with Crippen molar-refractivity contribution in [3.05, 3.63) is 88.9 Å². The van der Waals surface area contributed by atoms with Gasteiger partial charge in [-0.1, -0.05) is 72.6 Å². The van der Waals surface area contributed by atoms with E-state index < -0.39 is 28.5 Å². The number of rotatable bonds is 14. The van der Waals surface area contributed by atoms with Crippen LogP contribution in [0.2, 0.25) is 0 Å². The Hall–Kier alpha value is -3.37. The monoisotopic (exact) mass is 629 g/mol. The number of nitrogens with zero attached hydrogens (tertiary/aromatic N) is 2. The summed E-state index contributed by atoms with van der Waals surface area (Å²) in [6.07, 6.45) is 2.09. The van der Waals surface area contributed by atoms with Crippen molar-refractivity contribution in [2.75, 3.05) is 24.5 Å². The zero-order valence-corrected chi connectivity index (χ0v) is 25.4. The molecule has 1 N–H and O–H groups in total. The minimum atomic E-state index is -4.11. The van der Waals surface area contributed by atoms with Crippen LogP contribution in [-0.4, -0.2) is 51.4 Å². The first-order chi connectivity index (χ1) is 19.2. The third-order valence-electron chi connectivity index (χ3n) is 6.41. The van der Waals surface area contributed by atoms with E-state index in [4.69, 9.17) is 4.74 Å². The average molecular weight is 631 g/mol. The summed E-state index contributed by atoms with van der Waals surface area (Å²) in [6, 6.07) is 21.2. The molecule has 0 unspecified atom stereocenters. The first-order valence-electron chi connectivity index (χ1n) is 13.2. The quantitative estimate of drug-likeness (QED) is 0.242. The van der Waals surface area contributed by atoms with Gasteiger partial charge >= 0.3 is 0 Å². The fourth-order valence-corrected chi connectivity index (χ4v) is 6.09. The lowest BCUT2D eigenvalue weighted by atomic mass is 10.1. The molecular weight excluding hydrogens is 594 g/mol. The number of sulfonamides is 1. The Kier molecular flexibility index (Phi) is 11.6. The zero-order valence-electron chi connectivity index (χ0n) is 23.0. The van der Waals surface area contributed by atoms with Crippen LogP contribution >= 0.6 is 15.9 Å².